The quantitative estimate of drug-likeness (QED) is 0.776. The number of halogens is 1. The topological polar surface area (TPSA) is 51.2 Å². The van der Waals surface area contributed by atoms with Crippen LogP contribution < -0.4 is 5.32 Å². The smallest absolute Gasteiger partial charge is 0.252 e. The zero-order chi connectivity index (χ0) is 10.2. The Hall–Kier alpha value is -1.13. The highest BCUT2D eigenvalue weighted by Crippen LogP contribution is 1.94. The van der Waals surface area contributed by atoms with Crippen molar-refractivity contribution in [3.63, 3.8) is 0 Å². The van der Waals surface area contributed by atoms with Gasteiger partial charge in [0.2, 0.25) is 0 Å². The highest BCUT2D eigenvalue weighted by Gasteiger charge is 2.02. The van der Waals surface area contributed by atoms with Crippen molar-refractivity contribution in [1.82, 2.24) is 10.3 Å². The number of ether oxygens (including phenoxy) is 1. The lowest BCUT2D eigenvalue weighted by Gasteiger charge is -2.03. The average molecular weight is 231 g/mol. The van der Waals surface area contributed by atoms with E-state index in [4.69, 9.17) is 4.74 Å². The first-order valence-corrected chi connectivity index (χ1v) is 4.52. The van der Waals surface area contributed by atoms with Crippen LogP contribution in [0.5, 0.6) is 0 Å². The van der Waals surface area contributed by atoms with Gasteiger partial charge in [-0.2, -0.15) is 0 Å². The summed E-state index contributed by atoms with van der Waals surface area (Å²) in [6.07, 6.45) is 4.01. The van der Waals surface area contributed by atoms with Crippen LogP contribution in [0.25, 0.3) is 0 Å². The summed E-state index contributed by atoms with van der Waals surface area (Å²) in [6, 6.07) is 3.47. The molecule has 4 nitrogen and oxygen atoms in total. The second kappa shape index (κ2) is 8.20. The predicted octanol–water partition coefficient (Wildman–Crippen LogP) is 1.27. The number of pyridine rings is 1. The van der Waals surface area contributed by atoms with Gasteiger partial charge in [0, 0.05) is 32.7 Å². The maximum atomic E-state index is 11.4. The van der Waals surface area contributed by atoms with E-state index in [1.54, 1.807) is 31.6 Å². The molecule has 0 saturated carbocycles. The van der Waals surface area contributed by atoms with E-state index in [9.17, 15) is 4.79 Å². The van der Waals surface area contributed by atoms with Gasteiger partial charge in [-0.15, -0.1) is 12.4 Å². The van der Waals surface area contributed by atoms with Crippen LogP contribution >= 0.6 is 12.4 Å². The van der Waals surface area contributed by atoms with Gasteiger partial charge in [-0.25, -0.2) is 0 Å². The summed E-state index contributed by atoms with van der Waals surface area (Å²) < 4.78 is 4.87. The summed E-state index contributed by atoms with van der Waals surface area (Å²) >= 11 is 0. The standard InChI is InChI=1S/C10H14N2O2.ClH/c1-14-7-3-6-12-10(13)9-4-2-5-11-8-9;/h2,4-5,8H,3,6-7H2,1H3,(H,12,13);1H. The highest BCUT2D eigenvalue weighted by molar-refractivity contribution is 5.93. The molecular formula is C10H15ClN2O2. The Labute approximate surface area is 95.5 Å². The van der Waals surface area contributed by atoms with Gasteiger partial charge in [-0.05, 0) is 18.6 Å². The number of carbonyl (C=O) groups is 1. The fourth-order valence-corrected chi connectivity index (χ4v) is 1.02. The minimum atomic E-state index is -0.0887. The Balaban J connectivity index is 0.00000196. The zero-order valence-electron chi connectivity index (χ0n) is 8.60. The number of hydrogen-bond acceptors (Lipinski definition) is 3. The highest BCUT2D eigenvalue weighted by atomic mass is 35.5. The molecule has 15 heavy (non-hydrogen) atoms. The van der Waals surface area contributed by atoms with Crippen molar-refractivity contribution in [2.75, 3.05) is 20.3 Å². The molecule has 1 N–H and O–H groups in total. The van der Waals surface area contributed by atoms with Gasteiger partial charge < -0.3 is 10.1 Å². The van der Waals surface area contributed by atoms with Gasteiger partial charge in [0.05, 0.1) is 5.56 Å². The molecule has 5 heteroatoms. The number of nitrogens with zero attached hydrogens (tertiary/aromatic N) is 1. The molecule has 0 bridgehead atoms. The van der Waals surface area contributed by atoms with E-state index in [0.29, 0.717) is 18.7 Å². The SMILES string of the molecule is COCCCNC(=O)c1cccnc1.Cl. The van der Waals surface area contributed by atoms with Crippen molar-refractivity contribution >= 4 is 18.3 Å². The monoisotopic (exact) mass is 230 g/mol. The lowest BCUT2D eigenvalue weighted by molar-refractivity contribution is 0.0948. The lowest BCUT2D eigenvalue weighted by Crippen LogP contribution is -2.25. The zero-order valence-corrected chi connectivity index (χ0v) is 9.42. The minimum Gasteiger partial charge on any atom is -0.385 e. The van der Waals surface area contributed by atoms with E-state index < -0.39 is 0 Å². The number of carbonyl (C=O) groups excluding carboxylic acids is 1. The van der Waals surface area contributed by atoms with Crippen molar-refractivity contribution in [3.8, 4) is 0 Å². The number of rotatable bonds is 5. The van der Waals surface area contributed by atoms with Crippen molar-refractivity contribution in [1.29, 1.82) is 0 Å². The van der Waals surface area contributed by atoms with E-state index in [0.717, 1.165) is 6.42 Å². The Kier molecular flexibility index (Phi) is 7.58. The summed E-state index contributed by atoms with van der Waals surface area (Å²) in [7, 11) is 1.64. The molecule has 84 valence electrons. The molecule has 1 aromatic heterocycles. The molecule has 0 aromatic carbocycles. The number of hydrogen-bond donors (Lipinski definition) is 1. The Morgan fingerprint density at radius 2 is 2.40 bits per heavy atom. The van der Waals surface area contributed by atoms with Crippen LogP contribution in [-0.2, 0) is 4.74 Å². The molecule has 1 aromatic rings. The first-order valence-electron chi connectivity index (χ1n) is 4.52. The van der Waals surface area contributed by atoms with Crippen molar-refractivity contribution in [2.45, 2.75) is 6.42 Å². The molecule has 0 radical (unpaired) electrons. The first-order chi connectivity index (χ1) is 6.84. The van der Waals surface area contributed by atoms with Crippen LogP contribution in [0.15, 0.2) is 24.5 Å². The van der Waals surface area contributed by atoms with Crippen molar-refractivity contribution in [3.05, 3.63) is 30.1 Å². The van der Waals surface area contributed by atoms with E-state index in [1.165, 1.54) is 0 Å². The van der Waals surface area contributed by atoms with Crippen LogP contribution in [0, 0.1) is 0 Å². The largest absolute Gasteiger partial charge is 0.385 e. The van der Waals surface area contributed by atoms with Crippen molar-refractivity contribution < 1.29 is 9.53 Å². The molecule has 0 aliphatic heterocycles. The molecule has 0 aliphatic rings. The summed E-state index contributed by atoms with van der Waals surface area (Å²) in [5, 5.41) is 2.77. The van der Waals surface area contributed by atoms with Gasteiger partial charge in [0.1, 0.15) is 0 Å². The summed E-state index contributed by atoms with van der Waals surface area (Å²) in [6.45, 7) is 1.29. The summed E-state index contributed by atoms with van der Waals surface area (Å²) in [4.78, 5) is 15.3. The van der Waals surface area contributed by atoms with Crippen LogP contribution in [0.4, 0.5) is 0 Å². The first kappa shape index (κ1) is 13.9. The van der Waals surface area contributed by atoms with Crippen molar-refractivity contribution in [2.24, 2.45) is 0 Å². The number of amides is 1. The van der Waals surface area contributed by atoms with Gasteiger partial charge in [0.25, 0.3) is 5.91 Å². The van der Waals surface area contributed by atoms with E-state index in [1.807, 2.05) is 0 Å². The molecule has 1 rings (SSSR count). The molecule has 0 atom stereocenters. The Morgan fingerprint density at radius 1 is 1.60 bits per heavy atom. The Bertz CT molecular complexity index is 280. The summed E-state index contributed by atoms with van der Waals surface area (Å²) in [5.41, 5.74) is 0.588. The number of methoxy groups -OCH3 is 1. The maximum absolute atomic E-state index is 11.4. The second-order valence-corrected chi connectivity index (χ2v) is 2.84. The molecule has 0 aliphatic carbocycles. The molecule has 0 saturated heterocycles. The van der Waals surface area contributed by atoms with Crippen LogP contribution in [0.1, 0.15) is 16.8 Å². The maximum Gasteiger partial charge on any atom is 0.252 e. The fraction of sp³-hybridized carbons (Fsp3) is 0.400. The fourth-order valence-electron chi connectivity index (χ4n) is 1.02. The van der Waals surface area contributed by atoms with Gasteiger partial charge in [-0.3, -0.25) is 9.78 Å². The number of nitrogens with one attached hydrogen (secondary N) is 1. The van der Waals surface area contributed by atoms with E-state index in [-0.39, 0.29) is 18.3 Å². The summed E-state index contributed by atoms with van der Waals surface area (Å²) in [5.74, 6) is -0.0887. The molecule has 1 amide bonds. The normalized spacial score (nSPS) is 9.13. The minimum absolute atomic E-state index is 0. The van der Waals surface area contributed by atoms with E-state index in [2.05, 4.69) is 10.3 Å². The van der Waals surface area contributed by atoms with Gasteiger partial charge >= 0.3 is 0 Å². The third-order valence-corrected chi connectivity index (χ3v) is 1.73. The molecule has 0 fully saturated rings. The van der Waals surface area contributed by atoms with E-state index >= 15 is 0 Å². The third-order valence-electron chi connectivity index (χ3n) is 1.73. The van der Waals surface area contributed by atoms with Crippen LogP contribution in [0.3, 0.4) is 0 Å². The molecule has 0 unspecified atom stereocenters. The predicted molar refractivity (Wildman–Crippen MR) is 60.3 cm³/mol. The van der Waals surface area contributed by atoms with Crippen LogP contribution in [-0.4, -0.2) is 31.2 Å². The number of aromatic nitrogens is 1. The third kappa shape index (κ3) is 5.34. The molecule has 0 spiro atoms. The second-order valence-electron chi connectivity index (χ2n) is 2.84. The molecule has 1 heterocycles. The lowest BCUT2D eigenvalue weighted by atomic mass is 10.2. The Morgan fingerprint density at radius 3 is 3.00 bits per heavy atom. The van der Waals surface area contributed by atoms with Gasteiger partial charge in [-0.1, -0.05) is 0 Å². The molecular weight excluding hydrogens is 216 g/mol. The average Bonchev–Trinajstić information content (AvgIpc) is 2.25. The van der Waals surface area contributed by atoms with Crippen LogP contribution in [0.2, 0.25) is 0 Å². The van der Waals surface area contributed by atoms with Gasteiger partial charge in [0.15, 0.2) is 0 Å².